The Morgan fingerprint density at radius 1 is 1.27 bits per heavy atom. The summed E-state index contributed by atoms with van der Waals surface area (Å²) >= 11 is 1.51. The second-order valence-electron chi connectivity index (χ2n) is 4.84. The number of hydrogen-bond donors (Lipinski definition) is 1. The predicted molar refractivity (Wildman–Crippen MR) is 87.6 cm³/mol. The zero-order valence-electron chi connectivity index (χ0n) is 12.8. The van der Waals surface area contributed by atoms with E-state index in [0.717, 1.165) is 17.9 Å². The largest absolute Gasteiger partial charge is 0.494 e. The van der Waals surface area contributed by atoms with Crippen molar-refractivity contribution in [3.05, 3.63) is 51.9 Å². The normalized spacial score (nSPS) is 10.6. The van der Waals surface area contributed by atoms with Gasteiger partial charge in [-0.1, -0.05) is 29.5 Å². The summed E-state index contributed by atoms with van der Waals surface area (Å²) in [6.45, 7) is 3.03. The van der Waals surface area contributed by atoms with Gasteiger partial charge in [0.25, 0.3) is 5.56 Å². The maximum Gasteiger partial charge on any atom is 0.251 e. The molecular weight excluding hydrogens is 300 g/mol. The van der Waals surface area contributed by atoms with Gasteiger partial charge in [0, 0.05) is 18.9 Å². The molecule has 0 saturated heterocycles. The third-order valence-corrected chi connectivity index (χ3v) is 3.84. The first-order chi connectivity index (χ1) is 10.7. The molecule has 0 radical (unpaired) electrons. The third kappa shape index (κ3) is 5.54. The lowest BCUT2D eigenvalue weighted by molar-refractivity contribution is 0.180. The Morgan fingerprint density at radius 3 is 2.77 bits per heavy atom. The van der Waals surface area contributed by atoms with Crippen molar-refractivity contribution >= 4 is 11.8 Å². The van der Waals surface area contributed by atoms with Gasteiger partial charge in [0.1, 0.15) is 5.75 Å². The Kier molecular flexibility index (Phi) is 6.48. The highest BCUT2D eigenvalue weighted by Crippen LogP contribution is 2.15. The van der Waals surface area contributed by atoms with Crippen LogP contribution >= 0.6 is 11.8 Å². The molecule has 118 valence electrons. The maximum atomic E-state index is 11.5. The lowest BCUT2D eigenvalue weighted by atomic mass is 10.2. The van der Waals surface area contributed by atoms with E-state index in [-0.39, 0.29) is 5.56 Å². The summed E-state index contributed by atoms with van der Waals surface area (Å²) in [6.07, 6.45) is 0.872. The lowest BCUT2D eigenvalue weighted by Crippen LogP contribution is -2.10. The highest BCUT2D eigenvalue weighted by molar-refractivity contribution is 7.99. The Hall–Kier alpha value is -1.79. The van der Waals surface area contributed by atoms with Crippen LogP contribution in [0.25, 0.3) is 0 Å². The first kappa shape index (κ1) is 16.6. The molecule has 0 unspecified atom stereocenters. The number of nitrogens with zero attached hydrogens (tertiary/aromatic N) is 1. The maximum absolute atomic E-state index is 11.5. The molecule has 2 rings (SSSR count). The molecule has 0 amide bonds. The molecule has 1 N–H and O–H groups in total. The molecule has 1 aromatic heterocycles. The topological polar surface area (TPSA) is 64.2 Å². The first-order valence-electron chi connectivity index (χ1n) is 7.09. The number of hydrogen-bond acceptors (Lipinski definition) is 5. The summed E-state index contributed by atoms with van der Waals surface area (Å²) in [6, 6.07) is 9.44. The van der Waals surface area contributed by atoms with Crippen LogP contribution in [0.2, 0.25) is 0 Å². The van der Waals surface area contributed by atoms with Crippen molar-refractivity contribution in [3.8, 4) is 5.75 Å². The van der Waals surface area contributed by atoms with Crippen molar-refractivity contribution in [1.82, 2.24) is 9.97 Å². The van der Waals surface area contributed by atoms with Gasteiger partial charge >= 0.3 is 0 Å². The minimum absolute atomic E-state index is 0.152. The fourth-order valence-electron chi connectivity index (χ4n) is 1.83. The van der Waals surface area contributed by atoms with E-state index >= 15 is 0 Å². The summed E-state index contributed by atoms with van der Waals surface area (Å²) in [4.78, 5) is 18.5. The number of methoxy groups -OCH3 is 1. The van der Waals surface area contributed by atoms with Gasteiger partial charge < -0.3 is 14.5 Å². The van der Waals surface area contributed by atoms with E-state index in [0.29, 0.717) is 24.1 Å². The number of rotatable bonds is 8. The number of aromatic amines is 1. The number of thioether (sulfide) groups is 1. The predicted octanol–water partition coefficient (Wildman–Crippen LogP) is 2.79. The van der Waals surface area contributed by atoms with Gasteiger partial charge in [-0.15, -0.1) is 0 Å². The van der Waals surface area contributed by atoms with Gasteiger partial charge in [0.2, 0.25) is 0 Å². The van der Waals surface area contributed by atoms with Gasteiger partial charge in [-0.2, -0.15) is 0 Å². The SMILES string of the molecule is COCc1cc(=O)[nH]c(SCCCOc2ccc(C)cc2)n1. The molecule has 0 atom stereocenters. The molecule has 0 fully saturated rings. The van der Waals surface area contributed by atoms with Gasteiger partial charge in [-0.3, -0.25) is 4.79 Å². The number of nitrogens with one attached hydrogen (secondary N) is 1. The number of aryl methyl sites for hydroxylation is 1. The Morgan fingerprint density at radius 2 is 2.05 bits per heavy atom. The molecule has 0 bridgehead atoms. The van der Waals surface area contributed by atoms with E-state index in [1.807, 2.05) is 31.2 Å². The summed E-state index contributed by atoms with van der Waals surface area (Å²) in [5.41, 5.74) is 1.71. The Balaban J connectivity index is 1.74. The van der Waals surface area contributed by atoms with Crippen molar-refractivity contribution in [2.75, 3.05) is 19.5 Å². The number of ether oxygens (including phenoxy) is 2. The molecule has 22 heavy (non-hydrogen) atoms. The second kappa shape index (κ2) is 8.60. The first-order valence-corrected chi connectivity index (χ1v) is 8.07. The fraction of sp³-hybridized carbons (Fsp3) is 0.375. The van der Waals surface area contributed by atoms with Crippen LogP contribution in [0.3, 0.4) is 0 Å². The standard InChI is InChI=1S/C16H20N2O3S/c1-12-4-6-14(7-5-12)21-8-3-9-22-16-17-13(11-20-2)10-15(19)18-16/h4-7,10H,3,8-9,11H2,1-2H3,(H,17,18,19). The number of aromatic nitrogens is 2. The van der Waals surface area contributed by atoms with Crippen LogP contribution in [0.5, 0.6) is 5.75 Å². The molecule has 0 aliphatic carbocycles. The van der Waals surface area contributed by atoms with E-state index in [4.69, 9.17) is 9.47 Å². The second-order valence-corrected chi connectivity index (χ2v) is 5.92. The van der Waals surface area contributed by atoms with Crippen molar-refractivity contribution in [1.29, 1.82) is 0 Å². The van der Waals surface area contributed by atoms with Crippen LogP contribution in [0, 0.1) is 6.92 Å². The van der Waals surface area contributed by atoms with Crippen molar-refractivity contribution in [2.24, 2.45) is 0 Å². The summed E-state index contributed by atoms with van der Waals surface area (Å²) in [5.74, 6) is 1.70. The highest BCUT2D eigenvalue weighted by Gasteiger charge is 2.02. The Labute approximate surface area is 134 Å². The van der Waals surface area contributed by atoms with E-state index in [9.17, 15) is 4.79 Å². The molecule has 2 aromatic rings. The highest BCUT2D eigenvalue weighted by atomic mass is 32.2. The molecule has 5 nitrogen and oxygen atoms in total. The van der Waals surface area contributed by atoms with Crippen LogP contribution < -0.4 is 10.3 Å². The minimum atomic E-state index is -0.152. The average molecular weight is 320 g/mol. The van der Waals surface area contributed by atoms with E-state index in [1.54, 1.807) is 7.11 Å². The summed E-state index contributed by atoms with van der Waals surface area (Å²) < 4.78 is 10.7. The Bertz CT molecular complexity index is 641. The molecule has 1 heterocycles. The van der Waals surface area contributed by atoms with Crippen LogP contribution in [0.4, 0.5) is 0 Å². The van der Waals surface area contributed by atoms with Crippen LogP contribution in [-0.2, 0) is 11.3 Å². The third-order valence-electron chi connectivity index (χ3n) is 2.88. The minimum Gasteiger partial charge on any atom is -0.494 e. The summed E-state index contributed by atoms with van der Waals surface area (Å²) in [7, 11) is 1.58. The van der Waals surface area contributed by atoms with Crippen LogP contribution in [0.1, 0.15) is 17.7 Å². The summed E-state index contributed by atoms with van der Waals surface area (Å²) in [5, 5.41) is 0.620. The van der Waals surface area contributed by atoms with Gasteiger partial charge in [0.05, 0.1) is 18.9 Å². The van der Waals surface area contributed by atoms with Crippen molar-refractivity contribution in [2.45, 2.75) is 25.1 Å². The fourth-order valence-corrected chi connectivity index (χ4v) is 2.64. The van der Waals surface area contributed by atoms with Gasteiger partial charge in [-0.25, -0.2) is 4.98 Å². The van der Waals surface area contributed by atoms with Crippen molar-refractivity contribution in [3.63, 3.8) is 0 Å². The number of benzene rings is 1. The van der Waals surface area contributed by atoms with Crippen LogP contribution in [0.15, 0.2) is 40.3 Å². The van der Waals surface area contributed by atoms with E-state index in [1.165, 1.54) is 23.4 Å². The molecule has 0 aliphatic heterocycles. The molecule has 0 saturated carbocycles. The van der Waals surface area contributed by atoms with Crippen LogP contribution in [-0.4, -0.2) is 29.4 Å². The smallest absolute Gasteiger partial charge is 0.251 e. The molecule has 0 spiro atoms. The van der Waals surface area contributed by atoms with E-state index in [2.05, 4.69) is 9.97 Å². The quantitative estimate of drug-likeness (QED) is 0.460. The molecule has 1 aromatic carbocycles. The molecule has 6 heteroatoms. The average Bonchev–Trinajstić information content (AvgIpc) is 2.49. The molecular formula is C16H20N2O3S. The zero-order chi connectivity index (χ0) is 15.8. The van der Waals surface area contributed by atoms with Gasteiger partial charge in [-0.05, 0) is 25.5 Å². The van der Waals surface area contributed by atoms with Crippen molar-refractivity contribution < 1.29 is 9.47 Å². The zero-order valence-corrected chi connectivity index (χ0v) is 13.6. The van der Waals surface area contributed by atoms with Gasteiger partial charge in [0.15, 0.2) is 5.16 Å². The molecule has 0 aliphatic rings. The van der Waals surface area contributed by atoms with E-state index < -0.39 is 0 Å². The lowest BCUT2D eigenvalue weighted by Gasteiger charge is -2.06. The monoisotopic (exact) mass is 320 g/mol. The number of H-pyrrole nitrogens is 1.